The van der Waals surface area contributed by atoms with E-state index in [2.05, 4.69) is 25.7 Å². The maximum absolute atomic E-state index is 6.21. The van der Waals surface area contributed by atoms with Crippen molar-refractivity contribution in [1.29, 1.82) is 0 Å². The quantitative estimate of drug-likeness (QED) is 0.837. The third-order valence-electron chi connectivity index (χ3n) is 5.17. The number of hydrogen-bond donors (Lipinski definition) is 1. The van der Waals surface area contributed by atoms with Gasteiger partial charge in [0, 0.05) is 19.1 Å². The highest BCUT2D eigenvalue weighted by Gasteiger charge is 2.34. The third kappa shape index (κ3) is 3.85. The minimum absolute atomic E-state index is 0. The fraction of sp³-hybridized carbons (Fsp3) is 1.00. The van der Waals surface area contributed by atoms with Crippen LogP contribution in [0.25, 0.3) is 0 Å². The van der Waals surface area contributed by atoms with E-state index in [9.17, 15) is 0 Å². The molecule has 2 nitrogen and oxygen atoms in total. The summed E-state index contributed by atoms with van der Waals surface area (Å²) in [4.78, 5) is 2.68. The van der Waals surface area contributed by atoms with Gasteiger partial charge in [-0.05, 0) is 36.6 Å². The van der Waals surface area contributed by atoms with Crippen molar-refractivity contribution in [1.82, 2.24) is 4.90 Å². The van der Waals surface area contributed by atoms with Gasteiger partial charge in [-0.2, -0.15) is 0 Å². The van der Waals surface area contributed by atoms with E-state index in [1.54, 1.807) is 0 Å². The molecule has 108 valence electrons. The molecule has 0 aromatic heterocycles. The second-order valence-electron chi connectivity index (χ2n) is 7.14. The van der Waals surface area contributed by atoms with Gasteiger partial charge in [-0.25, -0.2) is 0 Å². The van der Waals surface area contributed by atoms with Crippen molar-refractivity contribution in [3.05, 3.63) is 0 Å². The Morgan fingerprint density at radius 2 is 1.83 bits per heavy atom. The van der Waals surface area contributed by atoms with Gasteiger partial charge in [-0.15, -0.1) is 12.4 Å². The molecule has 0 aromatic carbocycles. The van der Waals surface area contributed by atoms with E-state index in [1.807, 2.05) is 0 Å². The number of halogens is 1. The molecule has 3 atom stereocenters. The molecular formula is C15H31ClN2. The fourth-order valence-electron chi connectivity index (χ4n) is 3.64. The maximum atomic E-state index is 6.21. The topological polar surface area (TPSA) is 29.3 Å². The van der Waals surface area contributed by atoms with Crippen molar-refractivity contribution >= 4 is 12.4 Å². The Morgan fingerprint density at radius 1 is 1.17 bits per heavy atom. The zero-order valence-electron chi connectivity index (χ0n) is 12.3. The van der Waals surface area contributed by atoms with Crippen molar-refractivity contribution < 1.29 is 0 Å². The Labute approximate surface area is 119 Å². The normalized spacial score (nSPS) is 37.0. The average Bonchev–Trinajstić information content (AvgIpc) is 2.26. The zero-order valence-corrected chi connectivity index (χ0v) is 13.1. The van der Waals surface area contributed by atoms with E-state index < -0.39 is 0 Å². The smallest absolute Gasteiger partial charge is 0.0115 e. The Bertz CT molecular complexity index is 255. The van der Waals surface area contributed by atoms with Gasteiger partial charge in [0.2, 0.25) is 0 Å². The molecule has 2 N–H and O–H groups in total. The van der Waals surface area contributed by atoms with Crippen molar-refractivity contribution in [3.8, 4) is 0 Å². The number of nitrogens with zero attached hydrogens (tertiary/aromatic N) is 1. The Balaban J connectivity index is 0.00000162. The Hall–Kier alpha value is 0.210. The number of likely N-dealkylation sites (tertiary alicyclic amines) is 1. The summed E-state index contributed by atoms with van der Waals surface area (Å²) in [5.74, 6) is 1.87. The van der Waals surface area contributed by atoms with E-state index in [0.717, 1.165) is 11.8 Å². The molecule has 3 heteroatoms. The summed E-state index contributed by atoms with van der Waals surface area (Å²) < 4.78 is 0. The summed E-state index contributed by atoms with van der Waals surface area (Å²) in [7, 11) is 0. The molecule has 2 rings (SSSR count). The van der Waals surface area contributed by atoms with Crippen LogP contribution < -0.4 is 5.73 Å². The molecule has 0 bridgehead atoms. The predicted molar refractivity (Wildman–Crippen MR) is 81.2 cm³/mol. The molecule has 2 fully saturated rings. The van der Waals surface area contributed by atoms with Crippen molar-refractivity contribution in [2.75, 3.05) is 19.6 Å². The molecule has 0 aromatic rings. The molecule has 2 aliphatic rings. The lowest BCUT2D eigenvalue weighted by Gasteiger charge is -2.44. The highest BCUT2D eigenvalue weighted by atomic mass is 35.5. The molecule has 1 aliphatic carbocycles. The van der Waals surface area contributed by atoms with Gasteiger partial charge in [0.15, 0.2) is 0 Å². The number of rotatable bonds is 2. The van der Waals surface area contributed by atoms with Crippen LogP contribution in [0.3, 0.4) is 0 Å². The zero-order chi connectivity index (χ0) is 12.5. The van der Waals surface area contributed by atoms with Gasteiger partial charge < -0.3 is 10.6 Å². The lowest BCUT2D eigenvalue weighted by molar-refractivity contribution is 0.0652. The van der Waals surface area contributed by atoms with Crippen molar-refractivity contribution in [3.63, 3.8) is 0 Å². The molecule has 1 heterocycles. The monoisotopic (exact) mass is 274 g/mol. The molecule has 0 radical (unpaired) electrons. The molecule has 1 saturated carbocycles. The molecule has 18 heavy (non-hydrogen) atoms. The highest BCUT2D eigenvalue weighted by molar-refractivity contribution is 5.85. The summed E-state index contributed by atoms with van der Waals surface area (Å²) >= 11 is 0. The summed E-state index contributed by atoms with van der Waals surface area (Å²) in [5, 5.41) is 0. The van der Waals surface area contributed by atoms with Crippen LogP contribution in [0.15, 0.2) is 0 Å². The predicted octanol–water partition coefficient (Wildman–Crippen LogP) is 3.29. The molecular weight excluding hydrogens is 244 g/mol. The standard InChI is InChI=1S/C15H30N2.ClH/c1-12-6-4-5-7-13(12)10-17-9-8-14(16)15(2,3)11-17;/h12-14H,4-11,16H2,1-3H3;1H. The van der Waals surface area contributed by atoms with E-state index >= 15 is 0 Å². The summed E-state index contributed by atoms with van der Waals surface area (Å²) in [6.45, 7) is 10.8. The largest absolute Gasteiger partial charge is 0.327 e. The molecule has 3 unspecified atom stereocenters. The van der Waals surface area contributed by atoms with Crippen LogP contribution in [0.4, 0.5) is 0 Å². The van der Waals surface area contributed by atoms with Crippen LogP contribution in [0.2, 0.25) is 0 Å². The van der Waals surface area contributed by atoms with Gasteiger partial charge in [-0.1, -0.05) is 40.0 Å². The maximum Gasteiger partial charge on any atom is 0.0115 e. The van der Waals surface area contributed by atoms with Crippen LogP contribution in [0.1, 0.15) is 52.9 Å². The fourth-order valence-corrected chi connectivity index (χ4v) is 3.64. The lowest BCUT2D eigenvalue weighted by atomic mass is 9.77. The second kappa shape index (κ2) is 6.58. The van der Waals surface area contributed by atoms with E-state index in [-0.39, 0.29) is 12.4 Å². The SMILES string of the molecule is CC1CCCCC1CN1CCC(N)C(C)(C)C1.Cl. The van der Waals surface area contributed by atoms with Crippen LogP contribution in [-0.2, 0) is 0 Å². The molecule has 1 aliphatic heterocycles. The Morgan fingerprint density at radius 3 is 2.44 bits per heavy atom. The molecule has 0 amide bonds. The van der Waals surface area contributed by atoms with E-state index in [4.69, 9.17) is 5.73 Å². The van der Waals surface area contributed by atoms with Crippen LogP contribution in [0.5, 0.6) is 0 Å². The summed E-state index contributed by atoms with van der Waals surface area (Å²) in [6.07, 6.45) is 6.97. The van der Waals surface area contributed by atoms with Gasteiger partial charge in [0.05, 0.1) is 0 Å². The van der Waals surface area contributed by atoms with Gasteiger partial charge in [0.25, 0.3) is 0 Å². The van der Waals surface area contributed by atoms with E-state index in [1.165, 1.54) is 51.7 Å². The van der Waals surface area contributed by atoms with E-state index in [0.29, 0.717) is 11.5 Å². The lowest BCUT2D eigenvalue weighted by Crippen LogP contribution is -2.53. The van der Waals surface area contributed by atoms with Gasteiger partial charge in [-0.3, -0.25) is 0 Å². The molecule has 1 saturated heterocycles. The first-order chi connectivity index (χ1) is 7.99. The van der Waals surface area contributed by atoms with Gasteiger partial charge in [0.1, 0.15) is 0 Å². The van der Waals surface area contributed by atoms with Gasteiger partial charge >= 0.3 is 0 Å². The summed E-state index contributed by atoms with van der Waals surface area (Å²) in [6, 6.07) is 0.391. The van der Waals surface area contributed by atoms with Crippen molar-refractivity contribution in [2.24, 2.45) is 23.0 Å². The number of piperidine rings is 1. The van der Waals surface area contributed by atoms with Crippen LogP contribution >= 0.6 is 12.4 Å². The van der Waals surface area contributed by atoms with Crippen LogP contribution in [-0.4, -0.2) is 30.6 Å². The minimum atomic E-state index is 0. The first-order valence-corrected chi connectivity index (χ1v) is 7.47. The Kier molecular flexibility index (Phi) is 5.95. The minimum Gasteiger partial charge on any atom is -0.327 e. The summed E-state index contributed by atoms with van der Waals surface area (Å²) in [5.41, 5.74) is 6.51. The number of nitrogens with two attached hydrogens (primary N) is 1. The first-order valence-electron chi connectivity index (χ1n) is 7.47. The highest BCUT2D eigenvalue weighted by Crippen LogP contribution is 2.33. The first kappa shape index (κ1) is 16.3. The van der Waals surface area contributed by atoms with Crippen molar-refractivity contribution in [2.45, 2.75) is 58.9 Å². The second-order valence-corrected chi connectivity index (χ2v) is 7.14. The third-order valence-corrected chi connectivity index (χ3v) is 5.17. The average molecular weight is 275 g/mol. The van der Waals surface area contributed by atoms with Crippen LogP contribution in [0, 0.1) is 17.3 Å². The number of hydrogen-bond acceptors (Lipinski definition) is 2. The molecule has 0 spiro atoms.